The third kappa shape index (κ3) is 3.25. The maximum atomic E-state index is 9.92. The molecule has 6 heteroatoms. The summed E-state index contributed by atoms with van der Waals surface area (Å²) in [4.78, 5) is 4.07. The third-order valence-corrected chi connectivity index (χ3v) is 4.00. The first-order valence-electron chi connectivity index (χ1n) is 6.49. The number of phenolic OH excluding ortho intramolecular Hbond substituents is 1. The van der Waals surface area contributed by atoms with Crippen molar-refractivity contribution >= 4 is 44.0 Å². The van der Waals surface area contributed by atoms with Gasteiger partial charge in [-0.05, 0) is 30.3 Å². The van der Waals surface area contributed by atoms with E-state index >= 15 is 0 Å². The van der Waals surface area contributed by atoms with Crippen molar-refractivity contribution in [2.24, 2.45) is 0 Å². The second-order valence-electron chi connectivity index (χ2n) is 4.56. The summed E-state index contributed by atoms with van der Waals surface area (Å²) < 4.78 is 0.824. The molecule has 4 N–H and O–H groups in total. The Morgan fingerprint density at radius 2 is 2.18 bits per heavy atom. The van der Waals surface area contributed by atoms with Crippen molar-refractivity contribution in [2.45, 2.75) is 0 Å². The van der Waals surface area contributed by atoms with Gasteiger partial charge in [-0.15, -0.1) is 0 Å². The van der Waals surface area contributed by atoms with E-state index < -0.39 is 0 Å². The molecule has 0 atom stereocenters. The first kappa shape index (κ1) is 14.5. The number of fused-ring (bicyclic) bond motifs is 1. The highest BCUT2D eigenvalue weighted by atomic mass is 35.5. The van der Waals surface area contributed by atoms with E-state index in [9.17, 15) is 5.11 Å². The lowest BCUT2D eigenvalue weighted by Gasteiger charge is -2.01. The lowest BCUT2D eigenvalue weighted by Crippen LogP contribution is -1.98. The summed E-state index contributed by atoms with van der Waals surface area (Å²) in [7, 11) is 0. The van der Waals surface area contributed by atoms with Gasteiger partial charge in [-0.2, -0.15) is 0 Å². The molecule has 0 amide bonds. The monoisotopic (exact) mass is 329 g/mol. The topological polar surface area (TPSA) is 71.2 Å². The van der Waals surface area contributed by atoms with Crippen LogP contribution in [-0.2, 0) is 0 Å². The van der Waals surface area contributed by atoms with Crippen molar-refractivity contribution in [3.05, 3.63) is 47.0 Å². The summed E-state index contributed by atoms with van der Waals surface area (Å²) in [5.74, 6) is 6.11. The lowest BCUT2D eigenvalue weighted by molar-refractivity contribution is 0.480. The van der Waals surface area contributed by atoms with E-state index in [1.54, 1.807) is 6.07 Å². The van der Waals surface area contributed by atoms with Crippen LogP contribution in [-0.4, -0.2) is 16.6 Å². The van der Waals surface area contributed by atoms with Crippen molar-refractivity contribution in [2.75, 3.05) is 17.6 Å². The molecule has 0 saturated heterocycles. The highest BCUT2D eigenvalue weighted by Gasteiger charge is 2.07. The Bertz CT molecular complexity index is 895. The molecule has 0 spiro atoms. The first-order valence-corrected chi connectivity index (χ1v) is 7.68. The molecule has 0 aliphatic heterocycles. The average Bonchev–Trinajstić information content (AvgIpc) is 2.85. The molecule has 1 aromatic heterocycles. The van der Waals surface area contributed by atoms with E-state index in [0.717, 1.165) is 16.0 Å². The van der Waals surface area contributed by atoms with E-state index in [1.165, 1.54) is 11.3 Å². The van der Waals surface area contributed by atoms with E-state index in [4.69, 9.17) is 17.3 Å². The minimum Gasteiger partial charge on any atom is -0.506 e. The van der Waals surface area contributed by atoms with Crippen LogP contribution in [0.2, 0.25) is 5.02 Å². The minimum atomic E-state index is 0.0950. The van der Waals surface area contributed by atoms with Gasteiger partial charge in [-0.1, -0.05) is 40.8 Å². The number of rotatable bonds is 2. The Balaban J connectivity index is 1.74. The summed E-state index contributed by atoms with van der Waals surface area (Å²) in [5.41, 5.74) is 7.80. The number of benzene rings is 2. The predicted molar refractivity (Wildman–Crippen MR) is 92.5 cm³/mol. The van der Waals surface area contributed by atoms with Gasteiger partial charge < -0.3 is 16.2 Å². The molecule has 110 valence electrons. The van der Waals surface area contributed by atoms with Crippen LogP contribution in [0.4, 0.5) is 10.8 Å². The minimum absolute atomic E-state index is 0.0950. The van der Waals surface area contributed by atoms with Crippen LogP contribution in [0.25, 0.3) is 10.2 Å². The maximum Gasteiger partial charge on any atom is 0.181 e. The molecule has 0 radical (unpaired) electrons. The lowest BCUT2D eigenvalue weighted by atomic mass is 10.2. The van der Waals surface area contributed by atoms with Crippen LogP contribution >= 0.6 is 22.9 Å². The number of hydrogen-bond donors (Lipinski definition) is 3. The van der Waals surface area contributed by atoms with Gasteiger partial charge in [0, 0.05) is 16.3 Å². The average molecular weight is 330 g/mol. The fourth-order valence-electron chi connectivity index (χ4n) is 1.99. The summed E-state index contributed by atoms with van der Waals surface area (Å²) in [6.45, 7) is 0.476. The van der Waals surface area contributed by atoms with Crippen molar-refractivity contribution < 1.29 is 5.11 Å². The fourth-order valence-corrected chi connectivity index (χ4v) is 2.98. The number of nitrogen functional groups attached to an aromatic ring is 1. The van der Waals surface area contributed by atoms with Gasteiger partial charge >= 0.3 is 0 Å². The molecule has 1 heterocycles. The van der Waals surface area contributed by atoms with Crippen molar-refractivity contribution in [1.82, 2.24) is 4.98 Å². The number of aromatic hydroxyl groups is 1. The van der Waals surface area contributed by atoms with Gasteiger partial charge in [0.15, 0.2) is 5.13 Å². The van der Waals surface area contributed by atoms with Gasteiger partial charge in [-0.25, -0.2) is 4.98 Å². The highest BCUT2D eigenvalue weighted by molar-refractivity contribution is 7.22. The summed E-state index contributed by atoms with van der Waals surface area (Å²) in [5, 5.41) is 14.2. The van der Waals surface area contributed by atoms with Crippen molar-refractivity contribution in [3.8, 4) is 17.6 Å². The van der Waals surface area contributed by atoms with Crippen LogP contribution in [0, 0.1) is 11.8 Å². The second-order valence-corrected chi connectivity index (χ2v) is 6.06. The first-order chi connectivity index (χ1) is 10.6. The molecule has 22 heavy (non-hydrogen) atoms. The molecule has 0 aliphatic carbocycles. The molecule has 0 saturated carbocycles. The molecular weight excluding hydrogens is 318 g/mol. The zero-order valence-corrected chi connectivity index (χ0v) is 13.0. The van der Waals surface area contributed by atoms with E-state index in [-0.39, 0.29) is 5.75 Å². The Morgan fingerprint density at radius 1 is 1.32 bits per heavy atom. The molecule has 3 rings (SSSR count). The Labute approximate surface area is 136 Å². The molecule has 0 fully saturated rings. The molecule has 0 bridgehead atoms. The molecule has 4 nitrogen and oxygen atoms in total. The summed E-state index contributed by atoms with van der Waals surface area (Å²) in [6, 6.07) is 10.9. The normalized spacial score (nSPS) is 10.2. The Kier molecular flexibility index (Phi) is 4.05. The zero-order valence-electron chi connectivity index (χ0n) is 11.4. The highest BCUT2D eigenvalue weighted by Crippen LogP contribution is 2.31. The number of halogens is 1. The molecule has 0 aliphatic rings. The van der Waals surface area contributed by atoms with Crippen LogP contribution < -0.4 is 11.1 Å². The number of nitrogens with zero attached hydrogens (tertiary/aromatic N) is 1. The van der Waals surface area contributed by atoms with Crippen molar-refractivity contribution in [1.29, 1.82) is 0 Å². The summed E-state index contributed by atoms with van der Waals surface area (Å²) >= 11 is 7.24. The fraction of sp³-hybridized carbons (Fsp3) is 0.0625. The molecule has 0 unspecified atom stereocenters. The number of thiazole rings is 1. The second kappa shape index (κ2) is 6.14. The zero-order chi connectivity index (χ0) is 15.5. The number of hydrogen-bond acceptors (Lipinski definition) is 5. The maximum absolute atomic E-state index is 9.92. The van der Waals surface area contributed by atoms with Crippen molar-refractivity contribution in [3.63, 3.8) is 0 Å². The van der Waals surface area contributed by atoms with E-state index in [1.807, 2.05) is 30.3 Å². The predicted octanol–water partition coefficient (Wildman–Crippen LogP) is 3.70. The van der Waals surface area contributed by atoms with Gasteiger partial charge in [0.2, 0.25) is 0 Å². The number of anilines is 2. The number of nitrogens with two attached hydrogens (primary N) is 1. The SMILES string of the molecule is Nc1nc2c(O)cc(C#CCNc3cccc(Cl)c3)cc2s1. The van der Waals surface area contributed by atoms with Crippen LogP contribution in [0.5, 0.6) is 5.75 Å². The molecular formula is C16H12ClN3OS. The number of aromatic nitrogens is 1. The van der Waals surface area contributed by atoms with Gasteiger partial charge in [0.1, 0.15) is 11.3 Å². The van der Waals surface area contributed by atoms with E-state index in [2.05, 4.69) is 22.1 Å². The molecule has 2 aromatic carbocycles. The van der Waals surface area contributed by atoms with Gasteiger partial charge in [0.25, 0.3) is 0 Å². The quantitative estimate of drug-likeness (QED) is 0.627. The standard InChI is InChI=1S/C16H12ClN3OS/c17-11-4-1-5-12(9-11)19-6-2-3-10-7-13(21)15-14(8-10)22-16(18)20-15/h1,4-5,7-9,19,21H,6H2,(H2,18,20). The van der Waals surface area contributed by atoms with Gasteiger partial charge in [0.05, 0.1) is 11.2 Å². The van der Waals surface area contributed by atoms with Crippen LogP contribution in [0.1, 0.15) is 5.56 Å². The van der Waals surface area contributed by atoms with Crippen LogP contribution in [0.3, 0.4) is 0 Å². The molecule has 3 aromatic rings. The Hall–Kier alpha value is -2.42. The number of nitrogens with one attached hydrogen (secondary N) is 1. The largest absolute Gasteiger partial charge is 0.506 e. The Morgan fingerprint density at radius 3 is 3.00 bits per heavy atom. The van der Waals surface area contributed by atoms with Gasteiger partial charge in [-0.3, -0.25) is 0 Å². The summed E-state index contributed by atoms with van der Waals surface area (Å²) in [6.07, 6.45) is 0. The smallest absolute Gasteiger partial charge is 0.181 e. The van der Waals surface area contributed by atoms with Crippen LogP contribution in [0.15, 0.2) is 36.4 Å². The van der Waals surface area contributed by atoms with E-state index in [0.29, 0.717) is 22.2 Å². The third-order valence-electron chi connectivity index (χ3n) is 2.93. The number of phenols is 1.